The van der Waals surface area contributed by atoms with Gasteiger partial charge in [0.2, 0.25) is 0 Å². The maximum atomic E-state index is 6.42. The van der Waals surface area contributed by atoms with Crippen molar-refractivity contribution in [1.29, 1.82) is 0 Å². The van der Waals surface area contributed by atoms with Gasteiger partial charge in [-0.25, -0.2) is 4.99 Å². The Hall–Kier alpha value is -0.440. The lowest BCUT2D eigenvalue weighted by Crippen LogP contribution is -2.42. The summed E-state index contributed by atoms with van der Waals surface area (Å²) in [4.78, 5) is 7.60. The van der Waals surface area contributed by atoms with Gasteiger partial charge in [0.25, 0.3) is 0 Å². The predicted octanol–water partition coefficient (Wildman–Crippen LogP) is 5.47. The van der Waals surface area contributed by atoms with Crippen LogP contribution in [0.15, 0.2) is 17.1 Å². The molecule has 4 bridgehead atoms. The van der Waals surface area contributed by atoms with E-state index in [1.165, 1.54) is 37.9 Å². The summed E-state index contributed by atoms with van der Waals surface area (Å²) in [6.45, 7) is 0.921. The highest BCUT2D eigenvalue weighted by molar-refractivity contribution is 6.35. The van der Waals surface area contributed by atoms with Gasteiger partial charge >= 0.3 is 0 Å². The van der Waals surface area contributed by atoms with Crippen molar-refractivity contribution in [3.8, 4) is 0 Å². The first-order valence-electron chi connectivity index (χ1n) is 8.00. The van der Waals surface area contributed by atoms with Crippen molar-refractivity contribution in [2.24, 2.45) is 22.7 Å². The van der Waals surface area contributed by atoms with Crippen molar-refractivity contribution in [2.75, 3.05) is 0 Å². The molecule has 5 aliphatic rings. The van der Waals surface area contributed by atoms with Crippen molar-refractivity contribution in [3.05, 3.63) is 27.7 Å². The van der Waals surface area contributed by atoms with Crippen molar-refractivity contribution >= 4 is 47.1 Å². The Balaban J connectivity index is 0.00000125. The fraction of sp³-hybridized carbons (Fsp3) is 0.588. The fourth-order valence-corrected chi connectivity index (χ4v) is 5.75. The van der Waals surface area contributed by atoms with Crippen molar-refractivity contribution < 1.29 is 0 Å². The summed E-state index contributed by atoms with van der Waals surface area (Å²) in [5.41, 5.74) is 2.16. The van der Waals surface area contributed by atoms with Crippen LogP contribution in [0.4, 0.5) is 5.69 Å². The first-order valence-corrected chi connectivity index (χ1v) is 8.76. The van der Waals surface area contributed by atoms with Gasteiger partial charge in [0.05, 0.1) is 5.69 Å². The third-order valence-corrected chi connectivity index (χ3v) is 6.47. The number of amidine groups is 1. The molecule has 5 heteroatoms. The van der Waals surface area contributed by atoms with E-state index < -0.39 is 0 Å². The molecule has 4 fully saturated rings. The zero-order valence-electron chi connectivity index (χ0n) is 12.3. The summed E-state index contributed by atoms with van der Waals surface area (Å²) in [5, 5.41) is 1.46. The average Bonchev–Trinajstić information content (AvgIpc) is 2.59. The highest BCUT2D eigenvalue weighted by atomic mass is 35.5. The van der Waals surface area contributed by atoms with Gasteiger partial charge in [0.1, 0.15) is 5.84 Å². The van der Waals surface area contributed by atoms with Crippen LogP contribution in [0.2, 0.25) is 10.0 Å². The highest BCUT2D eigenvalue weighted by Crippen LogP contribution is 2.50. The third-order valence-electron chi connectivity index (χ3n) is 5.91. The molecule has 22 heavy (non-hydrogen) atoms. The SMILES string of the molecule is Cl.Clc1cc(Cl)c2c(c1)N=C1C3CC4CC(C3)CC(C4)N1C2. The number of nitrogens with zero attached hydrogens (tertiary/aromatic N) is 2. The van der Waals surface area contributed by atoms with Gasteiger partial charge in [-0.3, -0.25) is 0 Å². The molecule has 2 saturated carbocycles. The van der Waals surface area contributed by atoms with Gasteiger partial charge in [0, 0.05) is 34.1 Å². The fourth-order valence-electron chi connectivity index (χ4n) is 5.21. The summed E-state index contributed by atoms with van der Waals surface area (Å²) in [6.07, 6.45) is 6.84. The van der Waals surface area contributed by atoms with E-state index in [1.807, 2.05) is 12.1 Å². The van der Waals surface area contributed by atoms with Crippen molar-refractivity contribution in [1.82, 2.24) is 4.90 Å². The molecule has 1 aromatic carbocycles. The van der Waals surface area contributed by atoms with Gasteiger partial charge in [-0.2, -0.15) is 0 Å². The Morgan fingerprint density at radius 3 is 2.45 bits per heavy atom. The van der Waals surface area contributed by atoms with Crippen LogP contribution < -0.4 is 0 Å². The molecule has 3 aliphatic heterocycles. The lowest BCUT2D eigenvalue weighted by atomic mass is 9.68. The maximum absolute atomic E-state index is 6.42. The van der Waals surface area contributed by atoms with Crippen LogP contribution in [-0.2, 0) is 6.54 Å². The van der Waals surface area contributed by atoms with Gasteiger partial charge in [0.15, 0.2) is 0 Å². The molecular formula is C17H19Cl3N2. The minimum Gasteiger partial charge on any atom is -0.352 e. The topological polar surface area (TPSA) is 15.6 Å². The second-order valence-electron chi connectivity index (χ2n) is 7.24. The molecule has 0 aromatic heterocycles. The Bertz CT molecular complexity index is 644. The second-order valence-corrected chi connectivity index (χ2v) is 8.09. The summed E-state index contributed by atoms with van der Waals surface area (Å²) in [7, 11) is 0. The Kier molecular flexibility index (Phi) is 3.63. The lowest BCUT2D eigenvalue weighted by molar-refractivity contribution is 0.128. The number of halogens is 3. The molecule has 0 N–H and O–H groups in total. The van der Waals surface area contributed by atoms with Gasteiger partial charge in [-0.1, -0.05) is 23.2 Å². The molecule has 2 atom stereocenters. The zero-order chi connectivity index (χ0) is 14.1. The maximum Gasteiger partial charge on any atom is 0.108 e. The number of hydrogen-bond acceptors (Lipinski definition) is 2. The van der Waals surface area contributed by atoms with E-state index in [0.717, 1.165) is 34.7 Å². The van der Waals surface area contributed by atoms with Crippen LogP contribution in [0.25, 0.3) is 0 Å². The molecule has 118 valence electrons. The summed E-state index contributed by atoms with van der Waals surface area (Å²) in [5.74, 6) is 3.83. The first kappa shape index (κ1) is 15.1. The van der Waals surface area contributed by atoms with Crippen LogP contribution in [0.1, 0.15) is 37.7 Å². The molecule has 2 aliphatic carbocycles. The highest BCUT2D eigenvalue weighted by Gasteiger charge is 2.46. The monoisotopic (exact) mass is 356 g/mol. The molecule has 2 unspecified atom stereocenters. The lowest BCUT2D eigenvalue weighted by Gasteiger charge is -2.39. The zero-order valence-corrected chi connectivity index (χ0v) is 14.6. The Morgan fingerprint density at radius 1 is 1.00 bits per heavy atom. The molecule has 0 radical (unpaired) electrons. The second kappa shape index (κ2) is 5.29. The Morgan fingerprint density at radius 2 is 1.73 bits per heavy atom. The number of aliphatic imine (C=N–C) groups is 1. The summed E-state index contributed by atoms with van der Waals surface area (Å²) in [6, 6.07) is 4.51. The number of hydrogen-bond donors (Lipinski definition) is 0. The predicted molar refractivity (Wildman–Crippen MR) is 93.7 cm³/mol. The normalized spacial score (nSPS) is 34.5. The molecule has 0 spiro atoms. The van der Waals surface area contributed by atoms with E-state index in [-0.39, 0.29) is 12.4 Å². The van der Waals surface area contributed by atoms with Crippen molar-refractivity contribution in [2.45, 2.75) is 44.7 Å². The molecule has 1 aromatic rings. The Labute approximate surface area is 147 Å². The molecule has 0 amide bonds. The van der Waals surface area contributed by atoms with Gasteiger partial charge < -0.3 is 4.90 Å². The number of benzene rings is 1. The quantitative estimate of drug-likeness (QED) is 0.601. The van der Waals surface area contributed by atoms with E-state index in [2.05, 4.69) is 4.90 Å². The van der Waals surface area contributed by atoms with Gasteiger partial charge in [-0.05, 0) is 56.1 Å². The van der Waals surface area contributed by atoms with Crippen LogP contribution in [0, 0.1) is 17.8 Å². The first-order chi connectivity index (χ1) is 10.2. The molecule has 3 heterocycles. The third kappa shape index (κ3) is 2.18. The minimum atomic E-state index is 0. The minimum absolute atomic E-state index is 0. The molecular weight excluding hydrogens is 339 g/mol. The summed E-state index contributed by atoms with van der Waals surface area (Å²) < 4.78 is 0. The largest absolute Gasteiger partial charge is 0.352 e. The van der Waals surface area contributed by atoms with E-state index in [0.29, 0.717) is 17.0 Å². The number of rotatable bonds is 0. The molecule has 2 nitrogen and oxygen atoms in total. The molecule has 6 rings (SSSR count). The van der Waals surface area contributed by atoms with Crippen LogP contribution in [0.5, 0.6) is 0 Å². The van der Waals surface area contributed by atoms with E-state index >= 15 is 0 Å². The molecule has 2 saturated heterocycles. The standard InChI is InChI=1S/C17H18Cl2N2.ClH/c18-12-6-15(19)14-8-21-13-4-9-1-10(5-13)3-11(2-9)17(21)20-16(14)7-12;/h6-7,9-11,13H,1-5,8H2;1H. The average molecular weight is 358 g/mol. The van der Waals surface area contributed by atoms with Crippen molar-refractivity contribution in [3.63, 3.8) is 0 Å². The van der Waals surface area contributed by atoms with Gasteiger partial charge in [-0.15, -0.1) is 12.4 Å². The van der Waals surface area contributed by atoms with Crippen LogP contribution in [0.3, 0.4) is 0 Å². The number of fused-ring (bicyclic) bond motifs is 1. The smallest absolute Gasteiger partial charge is 0.108 e. The van der Waals surface area contributed by atoms with E-state index in [1.54, 1.807) is 0 Å². The van der Waals surface area contributed by atoms with E-state index in [9.17, 15) is 0 Å². The van der Waals surface area contributed by atoms with E-state index in [4.69, 9.17) is 28.2 Å². The van der Waals surface area contributed by atoms with Crippen LogP contribution >= 0.6 is 35.6 Å². The van der Waals surface area contributed by atoms with Crippen LogP contribution in [-0.4, -0.2) is 16.8 Å². The summed E-state index contributed by atoms with van der Waals surface area (Å²) >= 11 is 12.6.